The molecular formula is C15H17BrClN3. The normalized spacial score (nSPS) is 12.3. The number of hydrogen-bond acceptors (Lipinski definition) is 3. The minimum absolute atomic E-state index is 0.196. The maximum absolute atomic E-state index is 6.24. The molecule has 0 aliphatic carbocycles. The Labute approximate surface area is 132 Å². The molecule has 0 fully saturated rings. The van der Waals surface area contributed by atoms with Gasteiger partial charge in [-0.15, -0.1) is 0 Å². The summed E-state index contributed by atoms with van der Waals surface area (Å²) in [7, 11) is 0. The first-order valence-electron chi connectivity index (χ1n) is 6.48. The Morgan fingerprint density at radius 2 is 2.00 bits per heavy atom. The molecule has 3 nitrogen and oxygen atoms in total. The molecule has 1 atom stereocenters. The van der Waals surface area contributed by atoms with E-state index in [1.165, 1.54) is 5.56 Å². The Balaban J connectivity index is 1.95. The van der Waals surface area contributed by atoms with E-state index in [-0.39, 0.29) is 6.04 Å². The van der Waals surface area contributed by atoms with Crippen LogP contribution in [0.3, 0.4) is 0 Å². The average Bonchev–Trinajstić information content (AvgIpc) is 2.46. The van der Waals surface area contributed by atoms with Crippen LogP contribution in [0, 0.1) is 0 Å². The number of benzene rings is 1. The molecule has 0 aliphatic rings. The molecule has 2 rings (SSSR count). The molecule has 5 heteroatoms. The van der Waals surface area contributed by atoms with Crippen molar-refractivity contribution in [1.82, 2.24) is 10.4 Å². The molecule has 0 amide bonds. The number of hydrazine groups is 1. The number of pyridine rings is 1. The molecule has 1 unspecified atom stereocenters. The van der Waals surface area contributed by atoms with E-state index in [1.807, 2.05) is 42.7 Å². The van der Waals surface area contributed by atoms with E-state index in [0.717, 1.165) is 34.3 Å². The number of nitrogens with one attached hydrogen (secondary N) is 1. The third kappa shape index (κ3) is 4.56. The smallest absolute Gasteiger partial charge is 0.0449 e. The standard InChI is InChI=1S/C15H17BrClN3/c16-13-3-2-12(15(17)10-13)9-14(20-18)4-1-11-5-7-19-8-6-11/h2-3,5-8,10,14,20H,1,4,9,18H2. The first-order chi connectivity index (χ1) is 9.69. The molecule has 106 valence electrons. The second-order valence-electron chi connectivity index (χ2n) is 4.70. The number of halogens is 2. The summed E-state index contributed by atoms with van der Waals surface area (Å²) >= 11 is 9.65. The Bertz CT molecular complexity index is 548. The Kier molecular flexibility index (Phi) is 5.98. The molecule has 2 aromatic rings. The van der Waals surface area contributed by atoms with Crippen LogP contribution >= 0.6 is 27.5 Å². The van der Waals surface area contributed by atoms with Crippen molar-refractivity contribution < 1.29 is 0 Å². The topological polar surface area (TPSA) is 50.9 Å². The van der Waals surface area contributed by atoms with Crippen molar-refractivity contribution in [2.45, 2.75) is 25.3 Å². The van der Waals surface area contributed by atoms with Crippen molar-refractivity contribution in [2.24, 2.45) is 5.84 Å². The van der Waals surface area contributed by atoms with Gasteiger partial charge in [0.1, 0.15) is 0 Å². The maximum atomic E-state index is 6.24. The van der Waals surface area contributed by atoms with E-state index >= 15 is 0 Å². The first kappa shape index (κ1) is 15.4. The van der Waals surface area contributed by atoms with Gasteiger partial charge < -0.3 is 0 Å². The first-order valence-corrected chi connectivity index (χ1v) is 7.65. The van der Waals surface area contributed by atoms with Crippen LogP contribution in [0.4, 0.5) is 0 Å². The molecule has 20 heavy (non-hydrogen) atoms. The van der Waals surface area contributed by atoms with Gasteiger partial charge in [-0.1, -0.05) is 33.6 Å². The summed E-state index contributed by atoms with van der Waals surface area (Å²) in [6, 6.07) is 10.2. The van der Waals surface area contributed by atoms with Gasteiger partial charge in [-0.3, -0.25) is 16.3 Å². The van der Waals surface area contributed by atoms with E-state index in [2.05, 4.69) is 26.3 Å². The zero-order valence-electron chi connectivity index (χ0n) is 11.0. The minimum Gasteiger partial charge on any atom is -0.271 e. The highest BCUT2D eigenvalue weighted by Gasteiger charge is 2.10. The number of rotatable bonds is 6. The summed E-state index contributed by atoms with van der Waals surface area (Å²) in [5.74, 6) is 5.65. The van der Waals surface area contributed by atoms with Crippen molar-refractivity contribution in [3.8, 4) is 0 Å². The zero-order valence-corrected chi connectivity index (χ0v) is 13.4. The van der Waals surface area contributed by atoms with Crippen LogP contribution in [0.15, 0.2) is 47.2 Å². The predicted molar refractivity (Wildman–Crippen MR) is 86.5 cm³/mol. The monoisotopic (exact) mass is 353 g/mol. The Morgan fingerprint density at radius 1 is 1.25 bits per heavy atom. The van der Waals surface area contributed by atoms with Crippen molar-refractivity contribution >= 4 is 27.5 Å². The summed E-state index contributed by atoms with van der Waals surface area (Å²) in [5.41, 5.74) is 5.25. The zero-order chi connectivity index (χ0) is 14.4. The van der Waals surface area contributed by atoms with Gasteiger partial charge in [0.15, 0.2) is 0 Å². The number of hydrogen-bond donors (Lipinski definition) is 2. The molecule has 3 N–H and O–H groups in total. The molecule has 0 saturated heterocycles. The molecule has 1 aromatic carbocycles. The maximum Gasteiger partial charge on any atom is 0.0449 e. The Morgan fingerprint density at radius 3 is 2.65 bits per heavy atom. The van der Waals surface area contributed by atoms with E-state index in [1.54, 1.807) is 0 Å². The average molecular weight is 355 g/mol. The van der Waals surface area contributed by atoms with Gasteiger partial charge in [0, 0.05) is 27.9 Å². The second-order valence-corrected chi connectivity index (χ2v) is 6.02. The van der Waals surface area contributed by atoms with Crippen molar-refractivity contribution in [3.63, 3.8) is 0 Å². The summed E-state index contributed by atoms with van der Waals surface area (Å²) in [6.45, 7) is 0. The van der Waals surface area contributed by atoms with Crippen LogP contribution in [-0.4, -0.2) is 11.0 Å². The predicted octanol–water partition coefficient (Wildman–Crippen LogP) is 3.50. The van der Waals surface area contributed by atoms with Crippen LogP contribution in [0.25, 0.3) is 0 Å². The molecule has 1 aromatic heterocycles. The highest BCUT2D eigenvalue weighted by molar-refractivity contribution is 9.10. The van der Waals surface area contributed by atoms with Gasteiger partial charge in [-0.2, -0.15) is 0 Å². The minimum atomic E-state index is 0.196. The van der Waals surface area contributed by atoms with Gasteiger partial charge in [0.05, 0.1) is 0 Å². The largest absolute Gasteiger partial charge is 0.271 e. The van der Waals surface area contributed by atoms with Crippen LogP contribution in [-0.2, 0) is 12.8 Å². The summed E-state index contributed by atoms with van der Waals surface area (Å²) in [4.78, 5) is 4.02. The molecule has 0 saturated carbocycles. The lowest BCUT2D eigenvalue weighted by atomic mass is 10.00. The lowest BCUT2D eigenvalue weighted by molar-refractivity contribution is 0.491. The van der Waals surface area contributed by atoms with Crippen LogP contribution in [0.2, 0.25) is 5.02 Å². The van der Waals surface area contributed by atoms with Crippen molar-refractivity contribution in [1.29, 1.82) is 0 Å². The molecule has 0 aliphatic heterocycles. The molecule has 0 radical (unpaired) electrons. The lowest BCUT2D eigenvalue weighted by Gasteiger charge is -2.17. The molecule has 1 heterocycles. The van der Waals surface area contributed by atoms with Crippen LogP contribution in [0.1, 0.15) is 17.5 Å². The molecule has 0 spiro atoms. The number of nitrogens with zero attached hydrogens (tertiary/aromatic N) is 1. The van der Waals surface area contributed by atoms with Gasteiger partial charge in [-0.25, -0.2) is 0 Å². The van der Waals surface area contributed by atoms with Gasteiger partial charge in [0.25, 0.3) is 0 Å². The number of nitrogens with two attached hydrogens (primary N) is 1. The van der Waals surface area contributed by atoms with E-state index < -0.39 is 0 Å². The van der Waals surface area contributed by atoms with E-state index in [9.17, 15) is 0 Å². The summed E-state index contributed by atoms with van der Waals surface area (Å²) in [5, 5.41) is 0.767. The molecule has 0 bridgehead atoms. The highest BCUT2D eigenvalue weighted by Crippen LogP contribution is 2.23. The summed E-state index contributed by atoms with van der Waals surface area (Å²) in [6.07, 6.45) is 6.35. The van der Waals surface area contributed by atoms with Crippen molar-refractivity contribution in [3.05, 3.63) is 63.3 Å². The second kappa shape index (κ2) is 7.74. The lowest BCUT2D eigenvalue weighted by Crippen LogP contribution is -2.37. The fourth-order valence-electron chi connectivity index (χ4n) is 2.09. The van der Waals surface area contributed by atoms with Gasteiger partial charge in [0.2, 0.25) is 0 Å². The van der Waals surface area contributed by atoms with Crippen LogP contribution < -0.4 is 11.3 Å². The van der Waals surface area contributed by atoms with E-state index in [0.29, 0.717) is 0 Å². The SMILES string of the molecule is NNC(CCc1ccncc1)Cc1ccc(Br)cc1Cl. The van der Waals surface area contributed by atoms with Crippen LogP contribution in [0.5, 0.6) is 0 Å². The molecular weight excluding hydrogens is 338 g/mol. The number of aromatic nitrogens is 1. The Hall–Kier alpha value is -0.940. The van der Waals surface area contributed by atoms with Gasteiger partial charge in [-0.05, 0) is 54.7 Å². The quantitative estimate of drug-likeness (QED) is 0.616. The fourth-order valence-corrected chi connectivity index (χ4v) is 2.84. The third-order valence-electron chi connectivity index (χ3n) is 3.25. The van der Waals surface area contributed by atoms with Gasteiger partial charge >= 0.3 is 0 Å². The fraction of sp³-hybridized carbons (Fsp3) is 0.267. The number of aryl methyl sites for hydroxylation is 1. The third-order valence-corrected chi connectivity index (χ3v) is 4.09. The highest BCUT2D eigenvalue weighted by atomic mass is 79.9. The van der Waals surface area contributed by atoms with Crippen molar-refractivity contribution in [2.75, 3.05) is 0 Å². The summed E-state index contributed by atoms with van der Waals surface area (Å²) < 4.78 is 0.986. The van der Waals surface area contributed by atoms with E-state index in [4.69, 9.17) is 17.4 Å².